The molecule has 0 unspecified atom stereocenters. The Morgan fingerprint density at radius 1 is 0.642 bits per heavy atom. The van der Waals surface area contributed by atoms with Crippen LogP contribution in [0, 0.1) is 5.92 Å². The van der Waals surface area contributed by atoms with E-state index in [0.29, 0.717) is 24.3 Å². The Morgan fingerprint density at radius 3 is 1.68 bits per heavy atom. The molecule has 1 rings (SSSR count). The van der Waals surface area contributed by atoms with Crippen molar-refractivity contribution < 1.29 is 52.7 Å². The summed E-state index contributed by atoms with van der Waals surface area (Å²) in [6.45, 7) is 6.04. The van der Waals surface area contributed by atoms with E-state index in [1.165, 1.54) is 6.92 Å². The number of hydrogen-bond acceptors (Lipinski definition) is 11. The first kappa shape index (κ1) is 45.7. The van der Waals surface area contributed by atoms with Gasteiger partial charge in [0.1, 0.15) is 41.8 Å². The molecule has 1 aliphatic rings. The zero-order chi connectivity index (χ0) is 40.1. The Morgan fingerprint density at radius 2 is 1.17 bits per heavy atom. The van der Waals surface area contributed by atoms with E-state index < -0.39 is 66.0 Å². The average molecular weight is 748 g/mol. The summed E-state index contributed by atoms with van der Waals surface area (Å²) in [5.74, 6) is -5.37. The lowest BCUT2D eigenvalue weighted by molar-refractivity contribution is -0.141. The third-order valence-corrected chi connectivity index (χ3v) is 8.11. The molecule has 7 N–H and O–H groups in total. The van der Waals surface area contributed by atoms with E-state index in [9.17, 15) is 52.7 Å². The van der Waals surface area contributed by atoms with Crippen LogP contribution in [0.1, 0.15) is 98.3 Å². The number of ketones is 4. The molecule has 0 aromatic rings. The molecule has 0 spiro atoms. The first-order valence-electron chi connectivity index (χ1n) is 17.7. The van der Waals surface area contributed by atoms with E-state index >= 15 is 0 Å². The van der Waals surface area contributed by atoms with Gasteiger partial charge in [-0.25, -0.2) is 4.79 Å². The summed E-state index contributed by atoms with van der Waals surface area (Å²) in [6.07, 6.45) is 2.49. The highest BCUT2D eigenvalue weighted by Crippen LogP contribution is 2.09. The maximum Gasteiger partial charge on any atom is 0.312 e. The van der Waals surface area contributed by atoms with Crippen molar-refractivity contribution in [2.75, 3.05) is 19.6 Å². The van der Waals surface area contributed by atoms with Gasteiger partial charge in [0.25, 0.3) is 11.8 Å². The lowest BCUT2D eigenvalue weighted by Crippen LogP contribution is -2.57. The molecule has 3 atom stereocenters. The highest BCUT2D eigenvalue weighted by molar-refractivity contribution is 6.14. The molecule has 1 heterocycles. The third kappa shape index (κ3) is 19.8. The minimum absolute atomic E-state index is 0.00266. The Labute approximate surface area is 308 Å². The normalized spacial score (nSPS) is 13.9. The molecule has 18 heteroatoms. The van der Waals surface area contributed by atoms with Crippen molar-refractivity contribution in [3.05, 3.63) is 12.2 Å². The maximum absolute atomic E-state index is 13.5. The smallest absolute Gasteiger partial charge is 0.312 e. The van der Waals surface area contributed by atoms with E-state index in [1.54, 1.807) is 20.8 Å². The number of Topliss-reactive ketones (excluding diaryl/α,β-unsaturated/α-hetero) is 4. The number of nitrogens with one attached hydrogen (secondary N) is 5. The van der Waals surface area contributed by atoms with Gasteiger partial charge in [0.15, 0.2) is 0 Å². The van der Waals surface area contributed by atoms with Gasteiger partial charge in [-0.05, 0) is 39.0 Å². The van der Waals surface area contributed by atoms with Crippen LogP contribution in [-0.4, -0.2) is 107 Å². The van der Waals surface area contributed by atoms with Crippen molar-refractivity contribution in [3.63, 3.8) is 0 Å². The quantitative estimate of drug-likeness (QED) is 0.0457. The molecule has 294 valence electrons. The second-order valence-corrected chi connectivity index (χ2v) is 13.2. The number of nitrogens with zero attached hydrogens (tertiary/aromatic N) is 1. The van der Waals surface area contributed by atoms with Crippen LogP contribution in [0.5, 0.6) is 0 Å². The SMILES string of the molecule is CC(=O)CCC(=O)CCC(=O)CCC(=O)CCC(=O)NCC[C@H](NC(=O)CN1C(=O)C=CC1=O)C(=O)N[C@H](C(=O)N[C@@H](C)CCCNC(N)=O)C(C)C. The van der Waals surface area contributed by atoms with Gasteiger partial charge in [-0.1, -0.05) is 13.8 Å². The molecule has 0 saturated carbocycles. The number of carbonyl (C=O) groups is 11. The summed E-state index contributed by atoms with van der Waals surface area (Å²) in [6, 6.07) is -3.32. The van der Waals surface area contributed by atoms with Gasteiger partial charge in [0, 0.05) is 82.6 Å². The van der Waals surface area contributed by atoms with Gasteiger partial charge in [-0.3, -0.25) is 48.1 Å². The standard InChI is InChI=1S/C35H53N7O11/c1-21(2)32(34(52)39-22(3)6-5-18-38-35(36)53)41-33(51)27(40-29(48)20-42-30(49)15-16-31(42)50)17-19-37-28(47)14-13-26(46)12-11-25(45)10-9-24(44)8-7-23(4)43/h15-16,21-22,27,32H,5-14,17-20H2,1-4H3,(H,37,47)(H,39,52)(H,40,48)(H,41,51)(H3,36,38,53)/t22-,27-,32-/m0/s1. The first-order chi connectivity index (χ1) is 24.9. The first-order valence-corrected chi connectivity index (χ1v) is 17.7. The third-order valence-electron chi connectivity index (χ3n) is 8.11. The minimum Gasteiger partial charge on any atom is -0.356 e. The number of amides is 8. The summed E-state index contributed by atoms with van der Waals surface area (Å²) >= 11 is 0. The molecule has 0 aliphatic carbocycles. The van der Waals surface area contributed by atoms with Crippen molar-refractivity contribution >= 4 is 64.6 Å². The zero-order valence-electron chi connectivity index (χ0n) is 30.9. The molecule has 0 radical (unpaired) electrons. The molecular formula is C35H53N7O11. The summed E-state index contributed by atoms with van der Waals surface area (Å²) in [5.41, 5.74) is 5.05. The fourth-order valence-electron chi connectivity index (χ4n) is 5.00. The van der Waals surface area contributed by atoms with Gasteiger partial charge in [-0.15, -0.1) is 0 Å². The predicted octanol–water partition coefficient (Wildman–Crippen LogP) is -0.586. The summed E-state index contributed by atoms with van der Waals surface area (Å²) in [7, 11) is 0. The molecule has 1 aliphatic heterocycles. The minimum atomic E-state index is -1.31. The van der Waals surface area contributed by atoms with Crippen molar-refractivity contribution in [2.45, 2.75) is 116 Å². The molecule has 8 amide bonds. The average Bonchev–Trinajstić information content (AvgIpc) is 3.39. The van der Waals surface area contributed by atoms with E-state index in [0.717, 1.165) is 12.2 Å². The number of imide groups is 1. The van der Waals surface area contributed by atoms with Crippen LogP contribution >= 0.6 is 0 Å². The Kier molecular flexibility index (Phi) is 20.7. The summed E-state index contributed by atoms with van der Waals surface area (Å²) < 4.78 is 0. The van der Waals surface area contributed by atoms with E-state index in [-0.39, 0.29) is 93.5 Å². The maximum atomic E-state index is 13.5. The van der Waals surface area contributed by atoms with Crippen LogP contribution in [0.15, 0.2) is 12.2 Å². The fraction of sp³-hybridized carbons (Fsp3) is 0.629. The number of nitrogens with two attached hydrogens (primary N) is 1. The summed E-state index contributed by atoms with van der Waals surface area (Å²) in [5, 5.41) is 12.9. The van der Waals surface area contributed by atoms with Crippen LogP contribution < -0.4 is 32.3 Å². The highest BCUT2D eigenvalue weighted by atomic mass is 16.2. The van der Waals surface area contributed by atoms with Gasteiger partial charge in [0.05, 0.1) is 0 Å². The van der Waals surface area contributed by atoms with Crippen molar-refractivity contribution in [1.29, 1.82) is 0 Å². The van der Waals surface area contributed by atoms with E-state index in [2.05, 4.69) is 26.6 Å². The van der Waals surface area contributed by atoms with Crippen LogP contribution in [0.3, 0.4) is 0 Å². The van der Waals surface area contributed by atoms with Crippen molar-refractivity contribution in [1.82, 2.24) is 31.5 Å². The molecule has 53 heavy (non-hydrogen) atoms. The van der Waals surface area contributed by atoms with Crippen LogP contribution in [-0.2, 0) is 47.9 Å². The Hall–Kier alpha value is -5.29. The number of rotatable bonds is 27. The highest BCUT2D eigenvalue weighted by Gasteiger charge is 2.31. The lowest BCUT2D eigenvalue weighted by atomic mass is 10.0. The topological polar surface area (TPSA) is 277 Å². The van der Waals surface area contributed by atoms with Crippen LogP contribution in [0.2, 0.25) is 0 Å². The monoisotopic (exact) mass is 747 g/mol. The van der Waals surface area contributed by atoms with E-state index in [1.807, 2.05) is 0 Å². The van der Waals surface area contributed by atoms with Crippen molar-refractivity contribution in [3.8, 4) is 0 Å². The van der Waals surface area contributed by atoms with Crippen molar-refractivity contribution in [2.24, 2.45) is 11.7 Å². The molecule has 0 aromatic carbocycles. The number of primary amides is 1. The Bertz CT molecular complexity index is 1410. The second-order valence-electron chi connectivity index (χ2n) is 13.2. The molecule has 0 bridgehead atoms. The van der Waals surface area contributed by atoms with Gasteiger partial charge < -0.3 is 37.1 Å². The summed E-state index contributed by atoms with van der Waals surface area (Å²) in [4.78, 5) is 134. The molecule has 0 saturated heterocycles. The molecule has 0 fully saturated rings. The van der Waals surface area contributed by atoms with Gasteiger partial charge >= 0.3 is 6.03 Å². The Balaban J connectivity index is 2.74. The lowest BCUT2D eigenvalue weighted by Gasteiger charge is -2.27. The van der Waals surface area contributed by atoms with Crippen LogP contribution in [0.25, 0.3) is 0 Å². The van der Waals surface area contributed by atoms with Crippen LogP contribution in [0.4, 0.5) is 4.79 Å². The number of carbonyl (C=O) groups excluding carboxylic acids is 11. The predicted molar refractivity (Wildman–Crippen MR) is 189 cm³/mol. The fourth-order valence-corrected chi connectivity index (χ4v) is 5.00. The second kappa shape index (κ2) is 24.0. The van der Waals surface area contributed by atoms with E-state index in [4.69, 9.17) is 5.73 Å². The largest absolute Gasteiger partial charge is 0.356 e. The number of hydrogen-bond donors (Lipinski definition) is 6. The molecule has 0 aromatic heterocycles. The molecular weight excluding hydrogens is 694 g/mol. The zero-order valence-corrected chi connectivity index (χ0v) is 30.9. The number of urea groups is 1. The molecule has 18 nitrogen and oxygen atoms in total. The van der Waals surface area contributed by atoms with Gasteiger partial charge in [-0.2, -0.15) is 0 Å². The van der Waals surface area contributed by atoms with Gasteiger partial charge in [0.2, 0.25) is 23.6 Å².